The van der Waals surface area contributed by atoms with Gasteiger partial charge in [0, 0.05) is 101 Å². The highest BCUT2D eigenvalue weighted by atomic mass is 32.2. The molecule has 4 aliphatic heterocycles. The van der Waals surface area contributed by atoms with Crippen molar-refractivity contribution in [1.29, 1.82) is 0 Å². The van der Waals surface area contributed by atoms with Crippen molar-refractivity contribution in [3.63, 3.8) is 0 Å². The topological polar surface area (TPSA) is 490 Å². The van der Waals surface area contributed by atoms with E-state index in [9.17, 15) is 69.3 Å². The first-order chi connectivity index (χ1) is 49.3. The van der Waals surface area contributed by atoms with E-state index in [1.54, 1.807) is 19.2 Å². The number of likely N-dealkylation sites (tertiary alicyclic amines) is 1. The number of carboxylic acid groups (broad SMARTS) is 1. The third-order valence-corrected chi connectivity index (χ3v) is 19.7. The second-order valence-electron chi connectivity index (χ2n) is 26.0. The number of carbonyl (C=O) groups excluding carboxylic acids is 8. The van der Waals surface area contributed by atoms with E-state index in [2.05, 4.69) is 51.5 Å². The molecule has 0 radical (unpaired) electrons. The number of carbonyl (C=O) groups is 9. The number of ether oxygens (including phenoxy) is 2. The van der Waals surface area contributed by atoms with Gasteiger partial charge in [-0.05, 0) is 99.7 Å². The number of methoxy groups -OCH3 is 1. The van der Waals surface area contributed by atoms with Gasteiger partial charge in [0.15, 0.2) is 11.5 Å². The number of rotatable bonds is 29. The third-order valence-electron chi connectivity index (χ3n) is 18.4. The summed E-state index contributed by atoms with van der Waals surface area (Å²) in [6, 6.07) is 5.42. The van der Waals surface area contributed by atoms with Crippen molar-refractivity contribution < 1.29 is 112 Å². The SMILES string of the molecule is COCCCCCCCOc1ccc(-c2nnc(-c3ccc(C(=O)N[C@H]4C[C@@H](O)CNC(=O)[C@@H]5[C@@H](O)[C@H](C)CN5C(=O)[C@H]([C@H](O)CCNC5CCN(C(=O)CCC(=O)O)CC5)NC(=O)[C@H]([C@H](O)Cc5ccc(O)c(OSOOO)c5)NC(=O)[C@@H]5C[C@@H](O)CN5C(=O)[C@H]([C@@H](C)O)NC4=O)cc3)s2)cc1. The van der Waals surface area contributed by atoms with Crippen molar-refractivity contribution in [2.75, 3.05) is 59.6 Å². The van der Waals surface area contributed by atoms with Crippen molar-refractivity contribution in [3.05, 3.63) is 77.9 Å². The fourth-order valence-electron chi connectivity index (χ4n) is 12.6. The van der Waals surface area contributed by atoms with Gasteiger partial charge >= 0.3 is 5.97 Å². The number of β-amino-alcohol motifs (C(OH)–C–C–N with tert-alkyl or cyclic N) is 1. The largest absolute Gasteiger partial charge is 0.504 e. The van der Waals surface area contributed by atoms with Gasteiger partial charge in [-0.3, -0.25) is 43.2 Å². The molecular formula is C67H91N11O23S2. The van der Waals surface area contributed by atoms with E-state index in [0.29, 0.717) is 40.8 Å². The molecule has 1 aromatic heterocycles. The van der Waals surface area contributed by atoms with Crippen molar-refractivity contribution in [3.8, 4) is 38.4 Å². The number of hydrogen-bond donors (Lipinski definition) is 15. The number of benzene rings is 3. The molecule has 4 saturated heterocycles. The first kappa shape index (κ1) is 80.4. The zero-order chi connectivity index (χ0) is 74.4. The Bertz CT molecular complexity index is 3520. The Labute approximate surface area is 601 Å². The predicted molar refractivity (Wildman–Crippen MR) is 366 cm³/mol. The normalized spacial score (nSPS) is 24.3. The molecular weight excluding hydrogens is 1390 g/mol. The van der Waals surface area contributed by atoms with Gasteiger partial charge in [-0.2, -0.15) is 0 Å². The lowest BCUT2D eigenvalue weighted by molar-refractivity contribution is -0.433. The molecule has 0 spiro atoms. The number of nitrogens with one attached hydrogen (secondary N) is 6. The first-order valence-electron chi connectivity index (χ1n) is 34.1. The highest BCUT2D eigenvalue weighted by Crippen LogP contribution is 2.34. The van der Waals surface area contributed by atoms with Crippen molar-refractivity contribution >= 4 is 76.9 Å². The van der Waals surface area contributed by atoms with Crippen LogP contribution in [-0.4, -0.2) is 263 Å². The number of aromatic hydroxyl groups is 1. The monoisotopic (exact) mass is 1480 g/mol. The van der Waals surface area contributed by atoms with E-state index in [1.165, 1.54) is 47.4 Å². The number of aliphatic hydroxyl groups excluding tert-OH is 6. The number of phenols is 1. The second-order valence-corrected chi connectivity index (χ2v) is 27.4. The van der Waals surface area contributed by atoms with Crippen molar-refractivity contribution in [2.24, 2.45) is 5.92 Å². The summed E-state index contributed by atoms with van der Waals surface area (Å²) in [5.41, 5.74) is 1.48. The van der Waals surface area contributed by atoms with E-state index in [-0.39, 0.29) is 86.6 Å². The number of aromatic nitrogens is 2. The number of nitrogens with zero attached hydrogens (tertiary/aromatic N) is 5. The smallest absolute Gasteiger partial charge is 0.303 e. The Kier molecular flexibility index (Phi) is 30.5. The highest BCUT2D eigenvalue weighted by molar-refractivity contribution is 7.90. The molecule has 8 rings (SSSR count). The van der Waals surface area contributed by atoms with Crippen LogP contribution in [0, 0.1) is 5.92 Å². The molecule has 0 aliphatic carbocycles. The van der Waals surface area contributed by atoms with Crippen LogP contribution in [0.1, 0.15) is 107 Å². The van der Waals surface area contributed by atoms with Crippen LogP contribution in [0.25, 0.3) is 21.1 Å². The molecule has 36 heteroatoms. The first-order valence-corrected chi connectivity index (χ1v) is 35.5. The number of amides is 8. The summed E-state index contributed by atoms with van der Waals surface area (Å²) in [6.45, 7) is 2.83. The summed E-state index contributed by atoms with van der Waals surface area (Å²) in [5.74, 6) is -10.3. The molecule has 4 fully saturated rings. The van der Waals surface area contributed by atoms with Crippen molar-refractivity contribution in [1.82, 2.24) is 56.8 Å². The number of hydrogen-bond acceptors (Lipinski definition) is 27. The van der Waals surface area contributed by atoms with Crippen LogP contribution >= 0.6 is 23.7 Å². The van der Waals surface area contributed by atoms with Crippen molar-refractivity contribution in [2.45, 2.75) is 176 Å². The number of carboxylic acids is 1. The predicted octanol–water partition coefficient (Wildman–Crippen LogP) is -0.299. The van der Waals surface area contributed by atoms with E-state index in [0.717, 1.165) is 67.1 Å². The maximum Gasteiger partial charge on any atom is 0.303 e. The van der Waals surface area contributed by atoms with Crippen LogP contribution in [0.2, 0.25) is 0 Å². The van der Waals surface area contributed by atoms with E-state index < -0.39 is 164 Å². The number of phenolic OH excluding ortho intramolecular Hbond substituents is 1. The Morgan fingerprint density at radius 2 is 1.38 bits per heavy atom. The molecule has 103 heavy (non-hydrogen) atoms. The minimum absolute atomic E-state index is 0.00416. The quantitative estimate of drug-likeness (QED) is 0.0144. The van der Waals surface area contributed by atoms with Gasteiger partial charge in [0.05, 0.1) is 49.7 Å². The number of piperidine rings is 1. The summed E-state index contributed by atoms with van der Waals surface area (Å²) < 4.78 is 20.5. The Morgan fingerprint density at radius 1 is 0.738 bits per heavy atom. The Hall–Kier alpha value is -8.24. The van der Waals surface area contributed by atoms with Gasteiger partial charge in [0.1, 0.15) is 52.0 Å². The highest BCUT2D eigenvalue weighted by Gasteiger charge is 2.50. The molecule has 13 atom stereocenters. The molecule has 34 nitrogen and oxygen atoms in total. The van der Waals surface area contributed by atoms with Gasteiger partial charge in [-0.25, -0.2) is 5.26 Å². The van der Waals surface area contributed by atoms with Gasteiger partial charge < -0.3 is 101 Å². The number of unbranched alkanes of at least 4 members (excludes halogenated alkanes) is 4. The Morgan fingerprint density at radius 3 is 2.04 bits per heavy atom. The average molecular weight is 1480 g/mol. The molecule has 564 valence electrons. The fourth-order valence-corrected chi connectivity index (χ4v) is 13.7. The van der Waals surface area contributed by atoms with Crippen LogP contribution < -0.4 is 40.8 Å². The lowest BCUT2D eigenvalue weighted by Crippen LogP contribution is -2.64. The number of aliphatic hydroxyl groups is 6. The average Bonchev–Trinajstić information content (AvgIpc) is 1.68. The van der Waals surface area contributed by atoms with Crippen LogP contribution in [0.4, 0.5) is 0 Å². The van der Waals surface area contributed by atoms with Gasteiger partial charge in [0.2, 0.25) is 41.4 Å². The summed E-state index contributed by atoms with van der Waals surface area (Å²) in [4.78, 5) is 130. The molecule has 0 unspecified atom stereocenters. The van der Waals surface area contributed by atoms with E-state index in [4.69, 9.17) is 24.0 Å². The number of aliphatic carboxylic acids is 1. The van der Waals surface area contributed by atoms with E-state index >= 15 is 9.59 Å². The van der Waals surface area contributed by atoms with Gasteiger partial charge in [-0.15, -0.1) is 10.2 Å². The molecule has 3 aromatic carbocycles. The summed E-state index contributed by atoms with van der Waals surface area (Å²) in [6.07, 6.45) is -7.08. The van der Waals surface area contributed by atoms with Crippen LogP contribution in [0.15, 0.2) is 66.7 Å². The van der Waals surface area contributed by atoms with Crippen LogP contribution in [0.5, 0.6) is 17.2 Å². The third kappa shape index (κ3) is 22.6. The van der Waals surface area contributed by atoms with Crippen LogP contribution in [-0.2, 0) is 58.9 Å². The molecule has 8 amide bonds. The standard InChI is InChI=1S/C67H91N11O23S2/c1-36-34-78-57(58(36)88)63(93)69-33-43(80)31-46(70-59(89)39-10-12-40(13-11-39)64-74-75-65(102-64)41-14-16-45(17-15-41)98-28-8-6-4-5-7-27-97-3)60(90)71-54(37(2)79)66(94)77-35-44(81)32-47(77)61(91)72-55(50(84)29-38-9-18-48(82)51(30-38)99-103-101-100-96)62(92)73-56(67(78)95)49(83)21-24-68-42-22-25-76(26-23-42)52(85)19-20-53(86)87/h9-18,30,36-37,42-44,46-47,49-50,54-58,68,79-84,88,96H,4-8,19-29,31-35H2,1-3H3,(H,69,93)(H,70,89)(H,71,90)(H,72,91)(H,73,92)(H,86,87)/t36-,37-,43-,44-,46+,47+,49-,50-,54+,55+,56+,57+,58+/m1/s1. The minimum Gasteiger partial charge on any atom is -0.504 e. The maximum absolute atomic E-state index is 15.2. The fraction of sp³-hybridized carbons (Fsp3) is 0.567. The lowest BCUT2D eigenvalue weighted by atomic mass is 9.98. The van der Waals surface area contributed by atoms with Crippen LogP contribution in [0.3, 0.4) is 0 Å². The molecule has 0 saturated carbocycles. The van der Waals surface area contributed by atoms with E-state index in [1.807, 2.05) is 24.3 Å². The zero-order valence-electron chi connectivity index (χ0n) is 57.1. The molecule has 5 heterocycles. The molecule has 0 bridgehead atoms. The number of fused-ring (bicyclic) bond motifs is 2. The summed E-state index contributed by atoms with van der Waals surface area (Å²) in [7, 11) is 1.69. The molecule has 4 aliphatic rings. The maximum atomic E-state index is 15.2. The second kappa shape index (κ2) is 39.0. The lowest BCUT2D eigenvalue weighted by Gasteiger charge is -2.34. The molecule has 15 N–H and O–H groups in total. The summed E-state index contributed by atoms with van der Waals surface area (Å²) in [5, 5.41) is 127. The Balaban J connectivity index is 1.05. The van der Waals surface area contributed by atoms with Gasteiger partial charge in [0.25, 0.3) is 18.2 Å². The minimum atomic E-state index is -2.16. The molecule has 4 aromatic rings. The zero-order valence-corrected chi connectivity index (χ0v) is 58.7. The van der Waals surface area contributed by atoms with Gasteiger partial charge in [-0.1, -0.05) is 65.1 Å². The summed E-state index contributed by atoms with van der Waals surface area (Å²) >= 11 is 1.36.